The van der Waals surface area contributed by atoms with E-state index >= 15 is 0 Å². The maximum Gasteiger partial charge on any atom is 0.325 e. The van der Waals surface area contributed by atoms with Gasteiger partial charge in [-0.3, -0.25) is 14.5 Å². The molecule has 1 spiro atoms. The van der Waals surface area contributed by atoms with Crippen LogP contribution in [0.2, 0.25) is 0 Å². The molecule has 0 radical (unpaired) electrons. The van der Waals surface area contributed by atoms with E-state index in [1.807, 2.05) is 48.7 Å². The van der Waals surface area contributed by atoms with Gasteiger partial charge in [-0.05, 0) is 44.9 Å². The summed E-state index contributed by atoms with van der Waals surface area (Å²) in [6, 6.07) is 8.91. The van der Waals surface area contributed by atoms with Crippen molar-refractivity contribution in [2.45, 2.75) is 57.7 Å². The molecular weight excluding hydrogens is 410 g/mol. The average molecular weight is 437 g/mol. The number of ketones is 1. The van der Waals surface area contributed by atoms with Crippen LogP contribution >= 0.6 is 0 Å². The number of aryl methyl sites for hydroxylation is 1. The standard InChI is InChI=1S/C24H27N3O5/c1-15-11-18(19(28)13-27-22(29)24(25-23(27)30)9-5-6-10-24)16(2)26(15)12-17-14-31-20-7-3-4-8-21(20)32-17/h3-4,7-8,11,17H,5-6,9-10,12-14H2,1-2H3,(H,25,30)/t17-/m0/s1. The Morgan fingerprint density at radius 2 is 1.88 bits per heavy atom. The lowest BCUT2D eigenvalue weighted by Gasteiger charge is -2.27. The van der Waals surface area contributed by atoms with Gasteiger partial charge in [0, 0.05) is 17.0 Å². The Morgan fingerprint density at radius 3 is 2.62 bits per heavy atom. The molecule has 2 aromatic rings. The van der Waals surface area contributed by atoms with Gasteiger partial charge in [-0.15, -0.1) is 0 Å². The lowest BCUT2D eigenvalue weighted by molar-refractivity contribution is -0.130. The van der Waals surface area contributed by atoms with Crippen molar-refractivity contribution in [1.82, 2.24) is 14.8 Å². The molecule has 3 heterocycles. The molecule has 1 N–H and O–H groups in total. The fraction of sp³-hybridized carbons (Fsp3) is 0.458. The highest BCUT2D eigenvalue weighted by Gasteiger charge is 2.52. The van der Waals surface area contributed by atoms with Crippen molar-refractivity contribution >= 4 is 17.7 Å². The lowest BCUT2D eigenvalue weighted by Crippen LogP contribution is -2.44. The van der Waals surface area contributed by atoms with Crippen molar-refractivity contribution in [3.05, 3.63) is 47.3 Å². The molecule has 8 nitrogen and oxygen atoms in total. The average Bonchev–Trinajstić information content (AvgIpc) is 3.43. The van der Waals surface area contributed by atoms with Crippen molar-refractivity contribution in [3.63, 3.8) is 0 Å². The molecule has 1 atom stereocenters. The van der Waals surface area contributed by atoms with Crippen LogP contribution in [0.3, 0.4) is 0 Å². The third-order valence-electron chi connectivity index (χ3n) is 6.83. The number of urea groups is 1. The summed E-state index contributed by atoms with van der Waals surface area (Å²) in [6.07, 6.45) is 2.91. The first-order valence-corrected chi connectivity index (χ1v) is 11.1. The van der Waals surface area contributed by atoms with E-state index in [1.54, 1.807) is 0 Å². The van der Waals surface area contributed by atoms with Crippen LogP contribution in [-0.4, -0.2) is 52.0 Å². The maximum atomic E-state index is 13.1. The quantitative estimate of drug-likeness (QED) is 0.574. The smallest absolute Gasteiger partial charge is 0.325 e. The van der Waals surface area contributed by atoms with Crippen LogP contribution in [0.25, 0.3) is 0 Å². The Hall–Kier alpha value is -3.29. The SMILES string of the molecule is Cc1cc(C(=O)CN2C(=O)NC3(CCCC3)C2=O)c(C)n1C[C@H]1COc2ccccc2O1. The molecule has 168 valence electrons. The summed E-state index contributed by atoms with van der Waals surface area (Å²) in [7, 11) is 0. The minimum absolute atomic E-state index is 0.189. The number of fused-ring (bicyclic) bond motifs is 1. The van der Waals surface area contributed by atoms with Crippen LogP contribution in [0.1, 0.15) is 47.4 Å². The van der Waals surface area contributed by atoms with Gasteiger partial charge >= 0.3 is 6.03 Å². The molecule has 0 bridgehead atoms. The van der Waals surface area contributed by atoms with Crippen LogP contribution in [0, 0.1) is 13.8 Å². The number of aromatic nitrogens is 1. The zero-order valence-corrected chi connectivity index (χ0v) is 18.3. The molecule has 5 rings (SSSR count). The Kier molecular flexibility index (Phi) is 4.95. The molecule has 8 heteroatoms. The molecule has 0 unspecified atom stereocenters. The molecule has 1 saturated carbocycles. The summed E-state index contributed by atoms with van der Waals surface area (Å²) >= 11 is 0. The van der Waals surface area contributed by atoms with Gasteiger partial charge < -0.3 is 19.4 Å². The van der Waals surface area contributed by atoms with Crippen LogP contribution in [-0.2, 0) is 11.3 Å². The fourth-order valence-electron chi connectivity index (χ4n) is 5.09. The van der Waals surface area contributed by atoms with Crippen molar-refractivity contribution in [2.24, 2.45) is 0 Å². The van der Waals surface area contributed by atoms with Gasteiger partial charge in [-0.1, -0.05) is 25.0 Å². The number of carbonyl (C=O) groups is 3. The Bertz CT molecular complexity index is 1100. The molecule has 1 aromatic carbocycles. The summed E-state index contributed by atoms with van der Waals surface area (Å²) in [5.74, 6) is 0.929. The highest BCUT2D eigenvalue weighted by Crippen LogP contribution is 2.35. The summed E-state index contributed by atoms with van der Waals surface area (Å²) in [5.41, 5.74) is 1.42. The van der Waals surface area contributed by atoms with Gasteiger partial charge in [0.2, 0.25) is 0 Å². The minimum atomic E-state index is -0.803. The summed E-state index contributed by atoms with van der Waals surface area (Å²) in [4.78, 5) is 39.5. The van der Waals surface area contributed by atoms with E-state index in [0.29, 0.717) is 37.3 Å². The van der Waals surface area contributed by atoms with Crippen LogP contribution in [0.4, 0.5) is 4.79 Å². The summed E-state index contributed by atoms with van der Waals surface area (Å²) in [6.45, 7) is 4.52. The molecule has 1 saturated heterocycles. The van der Waals surface area contributed by atoms with E-state index < -0.39 is 11.6 Å². The number of Topliss-reactive ketones (excluding diaryl/α,β-unsaturated/α-hetero) is 1. The summed E-state index contributed by atoms with van der Waals surface area (Å²) < 4.78 is 13.9. The van der Waals surface area contributed by atoms with Crippen molar-refractivity contribution in [2.75, 3.05) is 13.2 Å². The number of hydrogen-bond acceptors (Lipinski definition) is 5. The number of carbonyl (C=O) groups excluding carboxylic acids is 3. The van der Waals surface area contributed by atoms with Gasteiger partial charge in [-0.2, -0.15) is 0 Å². The Labute approximate surface area is 186 Å². The highest BCUT2D eigenvalue weighted by atomic mass is 16.6. The van der Waals surface area contributed by atoms with Gasteiger partial charge in [-0.25, -0.2) is 4.79 Å². The maximum absolute atomic E-state index is 13.1. The third kappa shape index (κ3) is 3.34. The van der Waals surface area contributed by atoms with Gasteiger partial charge in [0.05, 0.1) is 13.1 Å². The molecule has 1 aromatic heterocycles. The van der Waals surface area contributed by atoms with Gasteiger partial charge in [0.25, 0.3) is 5.91 Å². The normalized spacial score (nSPS) is 21.3. The molecule has 1 aliphatic carbocycles. The molecule has 2 fully saturated rings. The fourth-order valence-corrected chi connectivity index (χ4v) is 5.09. The van der Waals surface area contributed by atoms with Crippen LogP contribution in [0.5, 0.6) is 11.5 Å². The number of ether oxygens (including phenoxy) is 2. The molecule has 3 aliphatic rings. The van der Waals surface area contributed by atoms with Crippen LogP contribution < -0.4 is 14.8 Å². The molecule has 2 aliphatic heterocycles. The number of nitrogens with one attached hydrogen (secondary N) is 1. The Balaban J connectivity index is 1.30. The number of imide groups is 1. The van der Waals surface area contributed by atoms with E-state index in [9.17, 15) is 14.4 Å². The van der Waals surface area contributed by atoms with Crippen LogP contribution in [0.15, 0.2) is 30.3 Å². The van der Waals surface area contributed by atoms with Gasteiger partial charge in [0.1, 0.15) is 12.1 Å². The van der Waals surface area contributed by atoms with E-state index in [1.165, 1.54) is 0 Å². The first kappa shape index (κ1) is 20.6. The monoisotopic (exact) mass is 437 g/mol. The van der Waals surface area contributed by atoms with E-state index in [-0.39, 0.29) is 24.3 Å². The van der Waals surface area contributed by atoms with Crippen molar-refractivity contribution < 1.29 is 23.9 Å². The predicted molar refractivity (Wildman–Crippen MR) is 116 cm³/mol. The largest absolute Gasteiger partial charge is 0.486 e. The number of hydrogen-bond donors (Lipinski definition) is 1. The number of nitrogens with zero attached hydrogens (tertiary/aromatic N) is 2. The zero-order chi connectivity index (χ0) is 22.5. The number of rotatable bonds is 5. The van der Waals surface area contributed by atoms with E-state index in [4.69, 9.17) is 9.47 Å². The zero-order valence-electron chi connectivity index (χ0n) is 18.3. The lowest BCUT2D eigenvalue weighted by atomic mass is 9.98. The minimum Gasteiger partial charge on any atom is -0.486 e. The highest BCUT2D eigenvalue weighted by molar-refractivity contribution is 6.11. The topological polar surface area (TPSA) is 89.9 Å². The number of amides is 3. The number of benzene rings is 1. The van der Waals surface area contributed by atoms with E-state index in [2.05, 4.69) is 5.32 Å². The molecule has 32 heavy (non-hydrogen) atoms. The van der Waals surface area contributed by atoms with Crippen molar-refractivity contribution in [3.8, 4) is 11.5 Å². The van der Waals surface area contributed by atoms with Gasteiger partial charge in [0.15, 0.2) is 23.4 Å². The second-order valence-corrected chi connectivity index (χ2v) is 8.93. The first-order chi connectivity index (χ1) is 15.4. The second kappa shape index (κ2) is 7.69. The predicted octanol–water partition coefficient (Wildman–Crippen LogP) is 2.99. The Morgan fingerprint density at radius 1 is 1.16 bits per heavy atom. The molecular formula is C24H27N3O5. The number of para-hydroxylation sites is 2. The second-order valence-electron chi connectivity index (χ2n) is 8.93. The summed E-state index contributed by atoms with van der Waals surface area (Å²) in [5, 5.41) is 2.83. The molecule has 3 amide bonds. The third-order valence-corrected chi connectivity index (χ3v) is 6.83. The van der Waals surface area contributed by atoms with E-state index in [0.717, 1.165) is 34.9 Å². The first-order valence-electron chi connectivity index (χ1n) is 11.1. The van der Waals surface area contributed by atoms with Crippen molar-refractivity contribution in [1.29, 1.82) is 0 Å².